The number of benzene rings is 1. The molecular formula is C20H18N2O7. The zero-order valence-corrected chi connectivity index (χ0v) is 15.9. The first-order valence-corrected chi connectivity index (χ1v) is 8.48. The number of rotatable bonds is 6. The maximum atomic E-state index is 12.8. The van der Waals surface area contributed by atoms with E-state index in [4.69, 9.17) is 18.6 Å². The molecule has 1 aromatic heterocycles. The van der Waals surface area contributed by atoms with E-state index in [1.807, 2.05) is 0 Å². The first kappa shape index (κ1) is 19.9. The van der Waals surface area contributed by atoms with E-state index in [1.54, 1.807) is 30.3 Å². The van der Waals surface area contributed by atoms with Crippen molar-refractivity contribution in [2.24, 2.45) is 5.10 Å². The van der Waals surface area contributed by atoms with Crippen molar-refractivity contribution < 1.29 is 33.0 Å². The van der Waals surface area contributed by atoms with Gasteiger partial charge in [0.25, 0.3) is 0 Å². The van der Waals surface area contributed by atoms with Gasteiger partial charge in [0.2, 0.25) is 5.78 Å². The number of ether oxygens (including phenoxy) is 3. The van der Waals surface area contributed by atoms with Crippen LogP contribution in [0.1, 0.15) is 10.6 Å². The van der Waals surface area contributed by atoms with Crippen molar-refractivity contribution in [1.29, 1.82) is 0 Å². The van der Waals surface area contributed by atoms with E-state index in [9.17, 15) is 14.4 Å². The Balaban J connectivity index is 2.13. The summed E-state index contributed by atoms with van der Waals surface area (Å²) in [5, 5.41) is 5.53. The third-order valence-corrected chi connectivity index (χ3v) is 4.21. The molecular weight excluding hydrogens is 380 g/mol. The molecule has 0 radical (unpaired) electrons. The molecule has 1 aromatic carbocycles. The highest BCUT2D eigenvalue weighted by molar-refractivity contribution is 6.50. The second kappa shape index (κ2) is 8.42. The molecule has 0 saturated carbocycles. The Morgan fingerprint density at radius 3 is 2.31 bits per heavy atom. The number of esters is 2. The standard InChI is InChI=1S/C20H18N2O7/c1-26-13-8-6-12(7-9-13)22-17(20(25)28-3)14(19(24)27-2)11-15(21-22)18(23)16-5-4-10-29-16/h4-11,17H,1-3H3/t17-/m0/s1. The van der Waals surface area contributed by atoms with Crippen LogP contribution in [0.25, 0.3) is 0 Å². The van der Waals surface area contributed by atoms with Crippen LogP contribution in [0.2, 0.25) is 0 Å². The molecule has 0 spiro atoms. The summed E-state index contributed by atoms with van der Waals surface area (Å²) in [4.78, 5) is 37.7. The number of carbonyl (C=O) groups excluding carboxylic acids is 3. The molecule has 0 fully saturated rings. The van der Waals surface area contributed by atoms with E-state index in [-0.39, 0.29) is 17.0 Å². The van der Waals surface area contributed by atoms with Gasteiger partial charge in [0.05, 0.1) is 38.9 Å². The van der Waals surface area contributed by atoms with Gasteiger partial charge >= 0.3 is 11.9 Å². The zero-order chi connectivity index (χ0) is 21.0. The number of allylic oxidation sites excluding steroid dienone is 1. The van der Waals surface area contributed by atoms with Gasteiger partial charge in [-0.1, -0.05) is 0 Å². The molecule has 29 heavy (non-hydrogen) atoms. The predicted octanol–water partition coefficient (Wildman–Crippen LogP) is 1.99. The first-order valence-electron chi connectivity index (χ1n) is 8.48. The van der Waals surface area contributed by atoms with Crippen molar-refractivity contribution in [1.82, 2.24) is 0 Å². The zero-order valence-electron chi connectivity index (χ0n) is 15.9. The van der Waals surface area contributed by atoms with Crippen LogP contribution >= 0.6 is 0 Å². The second-order valence-corrected chi connectivity index (χ2v) is 5.85. The lowest BCUT2D eigenvalue weighted by Crippen LogP contribution is -2.46. The van der Waals surface area contributed by atoms with Gasteiger partial charge in [0.15, 0.2) is 11.8 Å². The number of nitrogens with zero attached hydrogens (tertiary/aromatic N) is 2. The molecule has 3 rings (SSSR count). The highest BCUT2D eigenvalue weighted by atomic mass is 16.5. The van der Waals surface area contributed by atoms with E-state index in [2.05, 4.69) is 5.10 Å². The van der Waals surface area contributed by atoms with Crippen LogP contribution in [-0.2, 0) is 19.1 Å². The van der Waals surface area contributed by atoms with Crippen LogP contribution in [-0.4, -0.2) is 50.8 Å². The van der Waals surface area contributed by atoms with Crippen molar-refractivity contribution >= 4 is 29.1 Å². The number of methoxy groups -OCH3 is 3. The molecule has 0 amide bonds. The van der Waals surface area contributed by atoms with Gasteiger partial charge in [-0.05, 0) is 42.5 Å². The van der Waals surface area contributed by atoms with Crippen LogP contribution in [0, 0.1) is 0 Å². The molecule has 0 N–H and O–H groups in total. The summed E-state index contributed by atoms with van der Waals surface area (Å²) in [6.45, 7) is 0. The highest BCUT2D eigenvalue weighted by Crippen LogP contribution is 2.29. The van der Waals surface area contributed by atoms with Crippen molar-refractivity contribution in [3.63, 3.8) is 0 Å². The van der Waals surface area contributed by atoms with Gasteiger partial charge in [0, 0.05) is 0 Å². The SMILES string of the molecule is COC(=O)C1=CC(C(=O)c2ccco2)=NN(c2ccc(OC)cc2)[C@@H]1C(=O)OC. The van der Waals surface area contributed by atoms with Gasteiger partial charge in [0.1, 0.15) is 11.5 Å². The Morgan fingerprint density at radius 2 is 1.76 bits per heavy atom. The maximum Gasteiger partial charge on any atom is 0.336 e. The summed E-state index contributed by atoms with van der Waals surface area (Å²) in [7, 11) is 3.88. The van der Waals surface area contributed by atoms with Crippen LogP contribution in [0.15, 0.2) is 63.8 Å². The quantitative estimate of drug-likeness (QED) is 0.537. The number of furan rings is 1. The van der Waals surface area contributed by atoms with E-state index < -0.39 is 23.8 Å². The van der Waals surface area contributed by atoms with Crippen molar-refractivity contribution in [3.8, 4) is 5.75 Å². The molecule has 1 aliphatic heterocycles. The number of Topliss-reactive ketones (excluding diaryl/α,β-unsaturated/α-hetero) is 1. The fourth-order valence-corrected chi connectivity index (χ4v) is 2.77. The summed E-state index contributed by atoms with van der Waals surface area (Å²) < 4.78 is 19.9. The lowest BCUT2D eigenvalue weighted by atomic mass is 10.00. The molecule has 150 valence electrons. The van der Waals surface area contributed by atoms with Crippen LogP contribution in [0.4, 0.5) is 5.69 Å². The molecule has 0 bridgehead atoms. The summed E-state index contributed by atoms with van der Waals surface area (Å²) in [5.74, 6) is -1.47. The number of ketones is 1. The maximum absolute atomic E-state index is 12.8. The van der Waals surface area contributed by atoms with Crippen LogP contribution in [0.5, 0.6) is 5.75 Å². The molecule has 0 saturated heterocycles. The average molecular weight is 398 g/mol. The summed E-state index contributed by atoms with van der Waals surface area (Å²) in [6, 6.07) is 8.36. The number of carbonyl (C=O) groups is 3. The van der Waals surface area contributed by atoms with Crippen molar-refractivity contribution in [2.75, 3.05) is 26.3 Å². The largest absolute Gasteiger partial charge is 0.497 e. The third-order valence-electron chi connectivity index (χ3n) is 4.21. The van der Waals surface area contributed by atoms with Crippen LogP contribution in [0.3, 0.4) is 0 Å². The Labute approximate surface area is 166 Å². The minimum Gasteiger partial charge on any atom is -0.497 e. The first-order chi connectivity index (χ1) is 14.0. The lowest BCUT2D eigenvalue weighted by molar-refractivity contribution is -0.144. The van der Waals surface area contributed by atoms with Crippen molar-refractivity contribution in [3.05, 3.63) is 60.1 Å². The Kier molecular flexibility index (Phi) is 5.77. The fraction of sp³-hybridized carbons (Fsp3) is 0.200. The average Bonchev–Trinajstić information content (AvgIpc) is 3.31. The number of hydrogen-bond acceptors (Lipinski definition) is 9. The van der Waals surface area contributed by atoms with Crippen LogP contribution < -0.4 is 9.75 Å². The van der Waals surface area contributed by atoms with E-state index in [0.717, 1.165) is 0 Å². The number of hydrogen-bond donors (Lipinski definition) is 0. The molecule has 1 atom stereocenters. The van der Waals surface area contributed by atoms with Gasteiger partial charge in [-0.15, -0.1) is 0 Å². The van der Waals surface area contributed by atoms with Gasteiger partial charge in [-0.3, -0.25) is 4.79 Å². The van der Waals surface area contributed by atoms with Crippen molar-refractivity contribution in [2.45, 2.75) is 6.04 Å². The molecule has 9 heteroatoms. The van der Waals surface area contributed by atoms with Gasteiger partial charge in [-0.25, -0.2) is 14.6 Å². The lowest BCUT2D eigenvalue weighted by Gasteiger charge is -2.31. The molecule has 0 unspecified atom stereocenters. The highest BCUT2D eigenvalue weighted by Gasteiger charge is 2.40. The van der Waals surface area contributed by atoms with E-state index >= 15 is 0 Å². The summed E-state index contributed by atoms with van der Waals surface area (Å²) in [6.07, 6.45) is 2.55. The molecule has 2 aromatic rings. The topological polar surface area (TPSA) is 108 Å². The Bertz CT molecular complexity index is 975. The Hall–Kier alpha value is -3.88. The fourth-order valence-electron chi connectivity index (χ4n) is 2.77. The number of anilines is 1. The Morgan fingerprint density at radius 1 is 1.03 bits per heavy atom. The summed E-state index contributed by atoms with van der Waals surface area (Å²) in [5.41, 5.74) is 0.233. The summed E-state index contributed by atoms with van der Waals surface area (Å²) >= 11 is 0. The van der Waals surface area contributed by atoms with Gasteiger partial charge in [-0.2, -0.15) is 5.10 Å². The monoisotopic (exact) mass is 398 g/mol. The smallest absolute Gasteiger partial charge is 0.336 e. The predicted molar refractivity (Wildman–Crippen MR) is 102 cm³/mol. The molecule has 0 aliphatic carbocycles. The minimum absolute atomic E-state index is 0.0374. The normalized spacial score (nSPS) is 15.8. The number of hydrazone groups is 1. The molecule has 2 heterocycles. The minimum atomic E-state index is -1.24. The molecule has 1 aliphatic rings. The second-order valence-electron chi connectivity index (χ2n) is 5.85. The van der Waals surface area contributed by atoms with Gasteiger partial charge < -0.3 is 18.6 Å². The van der Waals surface area contributed by atoms with E-state index in [0.29, 0.717) is 11.4 Å². The molecule has 9 nitrogen and oxygen atoms in total. The third kappa shape index (κ3) is 3.88. The van der Waals surface area contributed by atoms with E-state index in [1.165, 1.54) is 44.7 Å².